The number of hydrogen-bond donors (Lipinski definition) is 1. The minimum absolute atomic E-state index is 0.0949. The average Bonchev–Trinajstić information content (AvgIpc) is 2.97. The molecule has 0 aliphatic carbocycles. The summed E-state index contributed by atoms with van der Waals surface area (Å²) < 4.78 is 0. The van der Waals surface area contributed by atoms with Crippen molar-refractivity contribution >= 4 is 17.2 Å². The van der Waals surface area contributed by atoms with Gasteiger partial charge in [-0.25, -0.2) is 4.98 Å². The zero-order chi connectivity index (χ0) is 11.0. The summed E-state index contributed by atoms with van der Waals surface area (Å²) in [7, 11) is 0. The Labute approximate surface area is 98.7 Å². The molecule has 0 unspecified atom stereocenters. The first-order chi connectivity index (χ1) is 7.84. The molecule has 0 aromatic carbocycles. The summed E-state index contributed by atoms with van der Waals surface area (Å²) in [5, 5.41) is 5.33. The zero-order valence-corrected chi connectivity index (χ0v) is 9.87. The first-order valence-corrected chi connectivity index (χ1v) is 6.70. The van der Waals surface area contributed by atoms with Crippen molar-refractivity contribution in [3.05, 3.63) is 16.6 Å². The molecule has 2 aliphatic rings. The van der Waals surface area contributed by atoms with Crippen LogP contribution in [0.5, 0.6) is 0 Å². The molecule has 5 heteroatoms. The van der Waals surface area contributed by atoms with Crippen LogP contribution in [0.2, 0.25) is 0 Å². The molecule has 3 rings (SSSR count). The number of piperidine rings is 1. The second kappa shape index (κ2) is 4.14. The molecule has 2 aliphatic heterocycles. The maximum absolute atomic E-state index is 12.1. The van der Waals surface area contributed by atoms with Gasteiger partial charge in [-0.15, -0.1) is 11.3 Å². The highest BCUT2D eigenvalue weighted by Gasteiger charge is 2.36. The lowest BCUT2D eigenvalue weighted by atomic mass is 9.94. The maximum atomic E-state index is 12.1. The number of likely N-dealkylation sites (tertiary alicyclic amines) is 1. The Balaban J connectivity index is 1.71. The molecule has 4 nitrogen and oxygen atoms in total. The van der Waals surface area contributed by atoms with Gasteiger partial charge in [-0.3, -0.25) is 4.79 Å². The number of rotatable bonds is 1. The number of amides is 1. The fourth-order valence-corrected chi connectivity index (χ4v) is 3.22. The van der Waals surface area contributed by atoms with E-state index in [0.29, 0.717) is 17.7 Å². The van der Waals surface area contributed by atoms with E-state index in [1.807, 2.05) is 10.3 Å². The van der Waals surface area contributed by atoms with Gasteiger partial charge in [0.1, 0.15) is 5.69 Å². The average molecular weight is 237 g/mol. The van der Waals surface area contributed by atoms with E-state index in [1.54, 1.807) is 5.51 Å². The van der Waals surface area contributed by atoms with Crippen LogP contribution in [0, 0.1) is 5.92 Å². The second-order valence-corrected chi connectivity index (χ2v) is 5.27. The summed E-state index contributed by atoms with van der Waals surface area (Å²) in [5.41, 5.74) is 2.32. The molecule has 2 atom stereocenters. The molecule has 86 valence electrons. The number of nitrogens with one attached hydrogen (secondary N) is 1. The lowest BCUT2D eigenvalue weighted by molar-refractivity contribution is 0.0780. The van der Waals surface area contributed by atoms with Gasteiger partial charge < -0.3 is 10.2 Å². The lowest BCUT2D eigenvalue weighted by Crippen LogP contribution is -2.41. The van der Waals surface area contributed by atoms with E-state index in [0.717, 1.165) is 19.6 Å². The molecule has 0 radical (unpaired) electrons. The SMILES string of the molecule is O=C(c1cscn1)N1C[C@@H]2CCCN[C@@H]2C1. The normalized spacial score (nSPS) is 29.1. The van der Waals surface area contributed by atoms with Crippen LogP contribution >= 0.6 is 11.3 Å². The Bertz CT molecular complexity index is 365. The quantitative estimate of drug-likeness (QED) is 0.791. The van der Waals surface area contributed by atoms with Crippen molar-refractivity contribution < 1.29 is 4.79 Å². The second-order valence-electron chi connectivity index (χ2n) is 4.55. The van der Waals surface area contributed by atoms with Crippen LogP contribution in [0.1, 0.15) is 23.3 Å². The molecule has 16 heavy (non-hydrogen) atoms. The molecule has 2 saturated heterocycles. The highest BCUT2D eigenvalue weighted by Crippen LogP contribution is 2.25. The van der Waals surface area contributed by atoms with Gasteiger partial charge in [-0.1, -0.05) is 0 Å². The number of fused-ring (bicyclic) bond motifs is 1. The summed E-state index contributed by atoms with van der Waals surface area (Å²) >= 11 is 1.48. The number of hydrogen-bond acceptors (Lipinski definition) is 4. The third-order valence-electron chi connectivity index (χ3n) is 3.54. The molecule has 0 spiro atoms. The van der Waals surface area contributed by atoms with E-state index in [2.05, 4.69) is 10.3 Å². The number of carbonyl (C=O) groups excluding carboxylic acids is 1. The van der Waals surface area contributed by atoms with Gasteiger partial charge in [0, 0.05) is 24.5 Å². The first-order valence-electron chi connectivity index (χ1n) is 5.75. The summed E-state index contributed by atoms with van der Waals surface area (Å²) in [6.07, 6.45) is 2.48. The standard InChI is InChI=1S/C11H15N3OS/c15-11(10-6-16-7-13-10)14-4-8-2-1-3-12-9(8)5-14/h6-9,12H,1-5H2/t8-,9+/m0/s1. The van der Waals surface area contributed by atoms with Crippen LogP contribution in [0.4, 0.5) is 0 Å². The van der Waals surface area contributed by atoms with Gasteiger partial charge in [0.25, 0.3) is 5.91 Å². The molecule has 1 aromatic rings. The minimum atomic E-state index is 0.0949. The van der Waals surface area contributed by atoms with Crippen LogP contribution in [-0.4, -0.2) is 41.5 Å². The number of carbonyl (C=O) groups is 1. The van der Waals surface area contributed by atoms with Crippen molar-refractivity contribution in [2.45, 2.75) is 18.9 Å². The number of nitrogens with zero attached hydrogens (tertiary/aromatic N) is 2. The molecule has 0 bridgehead atoms. The van der Waals surface area contributed by atoms with E-state index in [9.17, 15) is 4.79 Å². The van der Waals surface area contributed by atoms with Crippen molar-refractivity contribution in [3.63, 3.8) is 0 Å². The topological polar surface area (TPSA) is 45.2 Å². The van der Waals surface area contributed by atoms with Gasteiger partial charge in [-0.05, 0) is 25.3 Å². The molecular formula is C11H15N3OS. The predicted octanol–water partition coefficient (Wildman–Crippen LogP) is 0.967. The predicted molar refractivity (Wildman–Crippen MR) is 62.5 cm³/mol. The minimum Gasteiger partial charge on any atom is -0.335 e. The van der Waals surface area contributed by atoms with Crippen LogP contribution in [0.25, 0.3) is 0 Å². The van der Waals surface area contributed by atoms with E-state index in [4.69, 9.17) is 0 Å². The fourth-order valence-electron chi connectivity index (χ4n) is 2.69. The largest absolute Gasteiger partial charge is 0.335 e. The first kappa shape index (κ1) is 10.2. The Morgan fingerprint density at radius 1 is 1.56 bits per heavy atom. The fraction of sp³-hybridized carbons (Fsp3) is 0.636. The summed E-state index contributed by atoms with van der Waals surface area (Å²) in [6.45, 7) is 2.84. The van der Waals surface area contributed by atoms with Crippen LogP contribution < -0.4 is 5.32 Å². The maximum Gasteiger partial charge on any atom is 0.273 e. The van der Waals surface area contributed by atoms with E-state index < -0.39 is 0 Å². The molecule has 1 aromatic heterocycles. The van der Waals surface area contributed by atoms with E-state index >= 15 is 0 Å². The van der Waals surface area contributed by atoms with E-state index in [1.165, 1.54) is 24.2 Å². The Hall–Kier alpha value is -0.940. The van der Waals surface area contributed by atoms with Crippen LogP contribution in [0.15, 0.2) is 10.9 Å². The van der Waals surface area contributed by atoms with Gasteiger partial charge in [0.2, 0.25) is 0 Å². The lowest BCUT2D eigenvalue weighted by Gasteiger charge is -2.24. The van der Waals surface area contributed by atoms with Crippen molar-refractivity contribution in [1.82, 2.24) is 15.2 Å². The number of thiazole rings is 1. The van der Waals surface area contributed by atoms with Gasteiger partial charge in [-0.2, -0.15) is 0 Å². The molecule has 0 saturated carbocycles. The third-order valence-corrected chi connectivity index (χ3v) is 4.12. The Morgan fingerprint density at radius 3 is 3.25 bits per heavy atom. The summed E-state index contributed by atoms with van der Waals surface area (Å²) in [5.74, 6) is 0.744. The van der Waals surface area contributed by atoms with Crippen molar-refractivity contribution in [2.75, 3.05) is 19.6 Å². The molecular weight excluding hydrogens is 222 g/mol. The monoisotopic (exact) mass is 237 g/mol. The van der Waals surface area contributed by atoms with Crippen LogP contribution in [0.3, 0.4) is 0 Å². The number of aromatic nitrogens is 1. The van der Waals surface area contributed by atoms with E-state index in [-0.39, 0.29) is 5.91 Å². The zero-order valence-electron chi connectivity index (χ0n) is 9.06. The smallest absolute Gasteiger partial charge is 0.273 e. The van der Waals surface area contributed by atoms with Crippen molar-refractivity contribution in [3.8, 4) is 0 Å². The molecule has 3 heterocycles. The summed E-state index contributed by atoms with van der Waals surface area (Å²) in [6, 6.07) is 0.510. The highest BCUT2D eigenvalue weighted by atomic mass is 32.1. The molecule has 2 fully saturated rings. The van der Waals surface area contributed by atoms with Gasteiger partial charge >= 0.3 is 0 Å². The van der Waals surface area contributed by atoms with Gasteiger partial charge in [0.05, 0.1) is 5.51 Å². The van der Waals surface area contributed by atoms with Crippen LogP contribution in [-0.2, 0) is 0 Å². The Kier molecular flexibility index (Phi) is 2.65. The third kappa shape index (κ3) is 1.74. The Morgan fingerprint density at radius 2 is 2.50 bits per heavy atom. The van der Waals surface area contributed by atoms with Crippen molar-refractivity contribution in [2.24, 2.45) is 5.92 Å². The molecule has 1 N–H and O–H groups in total. The highest BCUT2D eigenvalue weighted by molar-refractivity contribution is 7.07. The van der Waals surface area contributed by atoms with Crippen molar-refractivity contribution in [1.29, 1.82) is 0 Å². The van der Waals surface area contributed by atoms with Gasteiger partial charge in [0.15, 0.2) is 0 Å². The summed E-state index contributed by atoms with van der Waals surface area (Å²) in [4.78, 5) is 18.1. The molecule has 1 amide bonds.